The monoisotopic (exact) mass is 507 g/mol. The van der Waals surface area contributed by atoms with Gasteiger partial charge in [0.25, 0.3) is 8.53 Å². The molecule has 11 heteroatoms. The standard InChI is InChI=1S/C20H38N3O3PS2.CO2/c1-7-9-13-28-29-17-24-15-20(8-2,14-22)16-26-27(25-12-10-11-21)23(18(3)4)19(5)6;2-1-3/h18-19H,7-10,12-13,15-17H2,1-6H3;. The maximum atomic E-state index is 9.82. The van der Waals surface area contributed by atoms with Crippen LogP contribution in [0.1, 0.15) is 67.2 Å². The number of unbranched alkanes of at least 4 members (excludes halogenated alkanes) is 1. The first-order valence-corrected chi connectivity index (χ1v) is 14.3. The van der Waals surface area contributed by atoms with Gasteiger partial charge >= 0.3 is 6.15 Å². The third-order valence-electron chi connectivity index (χ3n) is 4.20. The fraction of sp³-hybridized carbons (Fsp3) is 0.857. The summed E-state index contributed by atoms with van der Waals surface area (Å²) in [4.78, 5) is 16.2. The largest absolute Gasteiger partial charge is 0.373 e. The summed E-state index contributed by atoms with van der Waals surface area (Å²) in [6, 6.07) is 4.98. The molecule has 0 radical (unpaired) electrons. The summed E-state index contributed by atoms with van der Waals surface area (Å²) in [5.74, 6) is 1.69. The lowest BCUT2D eigenvalue weighted by atomic mass is 9.89. The number of nitrogens with zero attached hydrogens (tertiary/aromatic N) is 3. The molecule has 0 aromatic carbocycles. The minimum atomic E-state index is -1.35. The summed E-state index contributed by atoms with van der Waals surface area (Å²) in [6.45, 7) is 13.5. The summed E-state index contributed by atoms with van der Waals surface area (Å²) >= 11 is 0. The van der Waals surface area contributed by atoms with Gasteiger partial charge in [0, 0.05) is 17.8 Å². The van der Waals surface area contributed by atoms with Gasteiger partial charge in [-0.25, -0.2) is 4.67 Å². The van der Waals surface area contributed by atoms with Crippen molar-refractivity contribution in [1.82, 2.24) is 4.67 Å². The number of carbonyl (C=O) groups excluding carboxylic acids is 2. The van der Waals surface area contributed by atoms with Gasteiger partial charge in [-0.15, -0.1) is 0 Å². The number of nitriles is 2. The third kappa shape index (κ3) is 16.0. The molecule has 0 rings (SSSR count). The molecule has 0 saturated carbocycles. The van der Waals surface area contributed by atoms with Crippen LogP contribution in [0, 0.1) is 28.1 Å². The Kier molecular flexibility index (Phi) is 23.2. The Morgan fingerprint density at radius 1 is 1.03 bits per heavy atom. The molecule has 0 aromatic rings. The minimum absolute atomic E-state index is 0.231. The van der Waals surface area contributed by atoms with Gasteiger partial charge in [-0.1, -0.05) is 41.9 Å². The smallest absolute Gasteiger partial charge is 0.368 e. The van der Waals surface area contributed by atoms with Crippen LogP contribution in [0.3, 0.4) is 0 Å². The molecule has 0 spiro atoms. The van der Waals surface area contributed by atoms with E-state index in [0.29, 0.717) is 32.0 Å². The fourth-order valence-corrected chi connectivity index (χ4v) is 6.01. The summed E-state index contributed by atoms with van der Waals surface area (Å²) < 4.78 is 20.1. The van der Waals surface area contributed by atoms with E-state index >= 15 is 0 Å². The fourth-order valence-electron chi connectivity index (χ4n) is 2.45. The van der Waals surface area contributed by atoms with Gasteiger partial charge < -0.3 is 13.8 Å². The van der Waals surface area contributed by atoms with Crippen molar-refractivity contribution in [3.8, 4) is 12.1 Å². The Morgan fingerprint density at radius 2 is 1.66 bits per heavy atom. The normalized spacial score (nSPS) is 13.6. The van der Waals surface area contributed by atoms with Gasteiger partial charge in [0.1, 0.15) is 11.4 Å². The third-order valence-corrected chi connectivity index (χ3v) is 8.43. The van der Waals surface area contributed by atoms with Crippen LogP contribution >= 0.6 is 30.1 Å². The number of hydrogen-bond donors (Lipinski definition) is 0. The van der Waals surface area contributed by atoms with Crippen LogP contribution in [0.25, 0.3) is 0 Å². The highest BCUT2D eigenvalue weighted by molar-refractivity contribution is 8.76. The Morgan fingerprint density at radius 3 is 2.12 bits per heavy atom. The highest BCUT2D eigenvalue weighted by Gasteiger charge is 2.34. The molecule has 184 valence electrons. The highest BCUT2D eigenvalue weighted by Crippen LogP contribution is 2.47. The first-order valence-electron chi connectivity index (χ1n) is 10.7. The molecule has 0 fully saturated rings. The van der Waals surface area contributed by atoms with Crippen LogP contribution in [-0.4, -0.2) is 54.4 Å². The molecule has 0 saturated heterocycles. The van der Waals surface area contributed by atoms with E-state index in [0.717, 1.165) is 5.75 Å². The molecule has 2 unspecified atom stereocenters. The van der Waals surface area contributed by atoms with Crippen molar-refractivity contribution in [2.24, 2.45) is 5.41 Å². The SMILES string of the molecule is CCCCSSCOCC(C#N)(CC)COP(OCCC#N)N(C(C)C)C(C)C.O=C=O. The maximum Gasteiger partial charge on any atom is 0.373 e. The van der Waals surface area contributed by atoms with E-state index in [2.05, 4.69) is 51.4 Å². The zero-order valence-corrected chi connectivity index (χ0v) is 22.7. The van der Waals surface area contributed by atoms with E-state index in [4.69, 9.17) is 28.6 Å². The first-order chi connectivity index (χ1) is 15.3. The van der Waals surface area contributed by atoms with Gasteiger partial charge in [0.15, 0.2) is 0 Å². The van der Waals surface area contributed by atoms with Crippen LogP contribution in [0.2, 0.25) is 0 Å². The highest BCUT2D eigenvalue weighted by atomic mass is 33.1. The average molecular weight is 508 g/mol. The average Bonchev–Trinajstić information content (AvgIpc) is 2.75. The molecular formula is C21H38N3O5PS2. The Bertz CT molecular complexity index is 573. The molecule has 0 aliphatic rings. The minimum Gasteiger partial charge on any atom is -0.368 e. The molecule has 0 N–H and O–H groups in total. The summed E-state index contributed by atoms with van der Waals surface area (Å²) in [7, 11) is 2.15. The van der Waals surface area contributed by atoms with Crippen LogP contribution in [-0.2, 0) is 23.4 Å². The van der Waals surface area contributed by atoms with Gasteiger partial charge in [0.2, 0.25) is 0 Å². The van der Waals surface area contributed by atoms with Crippen LogP contribution in [0.5, 0.6) is 0 Å². The van der Waals surface area contributed by atoms with Crippen LogP contribution < -0.4 is 0 Å². The quantitative estimate of drug-likeness (QED) is 0.0980. The summed E-state index contributed by atoms with van der Waals surface area (Å²) in [6.07, 6.45) is 3.61. The van der Waals surface area contributed by atoms with Gasteiger partial charge in [0.05, 0.1) is 38.4 Å². The first kappa shape index (κ1) is 33.5. The van der Waals surface area contributed by atoms with Gasteiger partial charge in [-0.05, 0) is 40.5 Å². The van der Waals surface area contributed by atoms with Crippen molar-refractivity contribution < 1.29 is 23.4 Å². The van der Waals surface area contributed by atoms with E-state index in [-0.39, 0.29) is 24.8 Å². The lowest BCUT2D eigenvalue weighted by Gasteiger charge is -2.37. The predicted molar refractivity (Wildman–Crippen MR) is 130 cm³/mol. The lowest BCUT2D eigenvalue weighted by Crippen LogP contribution is -2.36. The van der Waals surface area contributed by atoms with Gasteiger partial charge in [-0.2, -0.15) is 20.1 Å². The van der Waals surface area contributed by atoms with E-state index in [1.54, 1.807) is 10.8 Å². The number of hydrogen-bond acceptors (Lipinski definition) is 10. The predicted octanol–water partition coefficient (Wildman–Crippen LogP) is 5.77. The van der Waals surface area contributed by atoms with Crippen molar-refractivity contribution in [2.75, 3.05) is 31.5 Å². The van der Waals surface area contributed by atoms with Crippen LogP contribution in [0.4, 0.5) is 0 Å². The summed E-state index contributed by atoms with van der Waals surface area (Å²) in [5.41, 5.74) is -0.701. The number of rotatable bonds is 18. The molecular weight excluding hydrogens is 469 g/mol. The number of ether oxygens (including phenoxy) is 1. The second-order valence-corrected chi connectivity index (χ2v) is 11.4. The van der Waals surface area contributed by atoms with Crippen molar-refractivity contribution in [3.63, 3.8) is 0 Å². The molecule has 0 aliphatic heterocycles. The molecule has 0 amide bonds. The van der Waals surface area contributed by atoms with Crippen molar-refractivity contribution in [2.45, 2.75) is 79.3 Å². The molecule has 2 atom stereocenters. The van der Waals surface area contributed by atoms with E-state index in [1.807, 2.05) is 17.7 Å². The topological polar surface area (TPSA) is 113 Å². The van der Waals surface area contributed by atoms with Crippen molar-refractivity contribution in [3.05, 3.63) is 0 Å². The second-order valence-electron chi connectivity index (χ2n) is 7.41. The van der Waals surface area contributed by atoms with Crippen molar-refractivity contribution in [1.29, 1.82) is 10.5 Å². The molecule has 0 heterocycles. The Hall–Kier alpha value is -0.670. The van der Waals surface area contributed by atoms with Crippen LogP contribution in [0.15, 0.2) is 0 Å². The Labute approximate surface area is 203 Å². The molecule has 0 aliphatic carbocycles. The lowest BCUT2D eigenvalue weighted by molar-refractivity contribution is -0.191. The molecule has 0 aromatic heterocycles. The Balaban J connectivity index is 0. The van der Waals surface area contributed by atoms with Gasteiger partial charge in [-0.3, -0.25) is 0 Å². The maximum absolute atomic E-state index is 9.82. The van der Waals surface area contributed by atoms with Crippen molar-refractivity contribution >= 4 is 36.3 Å². The summed E-state index contributed by atoms with van der Waals surface area (Å²) in [5, 5.41) is 18.6. The molecule has 0 bridgehead atoms. The van der Waals surface area contributed by atoms with E-state index in [1.165, 1.54) is 12.8 Å². The second kappa shape index (κ2) is 22.1. The zero-order chi connectivity index (χ0) is 24.8. The molecule has 8 nitrogen and oxygen atoms in total. The molecule has 32 heavy (non-hydrogen) atoms. The van der Waals surface area contributed by atoms with E-state index < -0.39 is 13.9 Å². The van der Waals surface area contributed by atoms with E-state index in [9.17, 15) is 5.26 Å². The zero-order valence-electron chi connectivity index (χ0n) is 20.2.